The molecule has 1 aliphatic rings. The standard InChI is InChI=1S/C15H29NO/c1-5-7-14(4,8-6-2)15(9-10-15)11-12-16-13(3)17/h5-12H2,1-4H3,(H,16,17). The molecule has 1 aliphatic carbocycles. The van der Waals surface area contributed by atoms with Gasteiger partial charge in [-0.15, -0.1) is 0 Å². The van der Waals surface area contributed by atoms with Crippen LogP contribution < -0.4 is 5.32 Å². The van der Waals surface area contributed by atoms with Crippen molar-refractivity contribution in [3.63, 3.8) is 0 Å². The molecule has 2 nitrogen and oxygen atoms in total. The van der Waals surface area contributed by atoms with E-state index in [9.17, 15) is 4.79 Å². The molecule has 0 aromatic rings. The Bertz CT molecular complexity index is 250. The third kappa shape index (κ3) is 3.46. The van der Waals surface area contributed by atoms with E-state index in [0.29, 0.717) is 10.8 Å². The highest BCUT2D eigenvalue weighted by Gasteiger charge is 2.54. The van der Waals surface area contributed by atoms with Gasteiger partial charge in [0.1, 0.15) is 0 Å². The molecule has 0 spiro atoms. The highest BCUT2D eigenvalue weighted by molar-refractivity contribution is 5.72. The second-order valence-corrected chi connectivity index (χ2v) is 6.07. The molecule has 0 saturated heterocycles. The molecule has 0 aliphatic heterocycles. The zero-order valence-corrected chi connectivity index (χ0v) is 12.1. The average molecular weight is 239 g/mol. The van der Waals surface area contributed by atoms with E-state index in [-0.39, 0.29) is 5.91 Å². The van der Waals surface area contributed by atoms with Gasteiger partial charge >= 0.3 is 0 Å². The molecule has 1 amide bonds. The van der Waals surface area contributed by atoms with Crippen molar-refractivity contribution >= 4 is 5.91 Å². The first kappa shape index (κ1) is 14.5. The topological polar surface area (TPSA) is 29.1 Å². The summed E-state index contributed by atoms with van der Waals surface area (Å²) < 4.78 is 0. The van der Waals surface area contributed by atoms with E-state index < -0.39 is 0 Å². The zero-order valence-electron chi connectivity index (χ0n) is 12.1. The fourth-order valence-electron chi connectivity index (χ4n) is 3.54. The van der Waals surface area contributed by atoms with Gasteiger partial charge < -0.3 is 5.32 Å². The van der Waals surface area contributed by atoms with Gasteiger partial charge in [-0.05, 0) is 42.9 Å². The molecule has 0 aromatic heterocycles. The van der Waals surface area contributed by atoms with E-state index >= 15 is 0 Å². The molecule has 0 heterocycles. The van der Waals surface area contributed by atoms with Crippen LogP contribution in [0, 0.1) is 10.8 Å². The lowest BCUT2D eigenvalue weighted by molar-refractivity contribution is -0.119. The molecule has 0 atom stereocenters. The fourth-order valence-corrected chi connectivity index (χ4v) is 3.54. The summed E-state index contributed by atoms with van der Waals surface area (Å²) in [7, 11) is 0. The van der Waals surface area contributed by atoms with Gasteiger partial charge in [-0.2, -0.15) is 0 Å². The lowest BCUT2D eigenvalue weighted by Gasteiger charge is -2.39. The summed E-state index contributed by atoms with van der Waals surface area (Å²) >= 11 is 0. The molecule has 1 fully saturated rings. The van der Waals surface area contributed by atoms with E-state index in [1.54, 1.807) is 6.92 Å². The van der Waals surface area contributed by atoms with Crippen molar-refractivity contribution in [2.75, 3.05) is 6.54 Å². The number of carbonyl (C=O) groups excluding carboxylic acids is 1. The van der Waals surface area contributed by atoms with E-state index in [4.69, 9.17) is 0 Å². The lowest BCUT2D eigenvalue weighted by atomic mass is 9.67. The fraction of sp³-hybridized carbons (Fsp3) is 0.933. The van der Waals surface area contributed by atoms with Gasteiger partial charge in [0.05, 0.1) is 0 Å². The number of nitrogens with one attached hydrogen (secondary N) is 1. The predicted molar refractivity (Wildman–Crippen MR) is 72.9 cm³/mol. The summed E-state index contributed by atoms with van der Waals surface area (Å²) in [6.45, 7) is 9.52. The summed E-state index contributed by atoms with van der Waals surface area (Å²) in [6.07, 6.45) is 9.12. The Morgan fingerprint density at radius 1 is 1.24 bits per heavy atom. The normalized spacial score (nSPS) is 17.9. The third-order valence-electron chi connectivity index (χ3n) is 4.71. The molecule has 100 valence electrons. The van der Waals surface area contributed by atoms with Gasteiger partial charge in [0.25, 0.3) is 0 Å². The highest BCUT2D eigenvalue weighted by atomic mass is 16.1. The molecule has 1 rings (SSSR count). The maximum absolute atomic E-state index is 10.9. The van der Waals surface area contributed by atoms with E-state index in [0.717, 1.165) is 6.54 Å². The monoisotopic (exact) mass is 239 g/mol. The van der Waals surface area contributed by atoms with Crippen molar-refractivity contribution < 1.29 is 4.79 Å². The smallest absolute Gasteiger partial charge is 0.216 e. The Balaban J connectivity index is 2.56. The van der Waals surface area contributed by atoms with E-state index in [1.165, 1.54) is 44.9 Å². The van der Waals surface area contributed by atoms with Crippen LogP contribution in [0.1, 0.15) is 72.6 Å². The second kappa shape index (κ2) is 5.88. The number of amides is 1. The van der Waals surface area contributed by atoms with E-state index in [1.807, 2.05) is 0 Å². The first-order valence-corrected chi connectivity index (χ1v) is 7.24. The molecule has 1 saturated carbocycles. The Kier molecular flexibility index (Phi) is 5.03. The molecule has 0 aromatic carbocycles. The van der Waals surface area contributed by atoms with Crippen LogP contribution in [0.15, 0.2) is 0 Å². The Morgan fingerprint density at radius 2 is 1.76 bits per heavy atom. The largest absolute Gasteiger partial charge is 0.356 e. The predicted octanol–water partition coefficient (Wildman–Crippen LogP) is 3.90. The van der Waals surface area contributed by atoms with Crippen LogP contribution >= 0.6 is 0 Å². The van der Waals surface area contributed by atoms with Crippen molar-refractivity contribution in [2.24, 2.45) is 10.8 Å². The molecule has 0 radical (unpaired) electrons. The summed E-state index contributed by atoms with van der Waals surface area (Å²) in [5.41, 5.74) is 1.02. The number of hydrogen-bond acceptors (Lipinski definition) is 1. The van der Waals surface area contributed by atoms with Crippen molar-refractivity contribution in [1.82, 2.24) is 5.32 Å². The maximum Gasteiger partial charge on any atom is 0.216 e. The minimum absolute atomic E-state index is 0.105. The number of carbonyl (C=O) groups is 1. The summed E-state index contributed by atoms with van der Waals surface area (Å²) in [5.74, 6) is 0.105. The van der Waals surface area contributed by atoms with Crippen molar-refractivity contribution in [3.8, 4) is 0 Å². The highest BCUT2D eigenvalue weighted by Crippen LogP contribution is 2.64. The van der Waals surface area contributed by atoms with Crippen molar-refractivity contribution in [1.29, 1.82) is 0 Å². The molecular weight excluding hydrogens is 210 g/mol. The van der Waals surface area contributed by atoms with Gasteiger partial charge in [-0.3, -0.25) is 4.79 Å². The lowest BCUT2D eigenvalue weighted by Crippen LogP contribution is -2.33. The average Bonchev–Trinajstić information content (AvgIpc) is 2.99. The minimum Gasteiger partial charge on any atom is -0.356 e. The van der Waals surface area contributed by atoms with Gasteiger partial charge in [-0.25, -0.2) is 0 Å². The number of rotatable bonds is 8. The Morgan fingerprint density at radius 3 is 2.12 bits per heavy atom. The number of hydrogen-bond donors (Lipinski definition) is 1. The molecule has 2 heteroatoms. The van der Waals surface area contributed by atoms with Gasteiger partial charge in [0.15, 0.2) is 0 Å². The molecule has 17 heavy (non-hydrogen) atoms. The summed E-state index contributed by atoms with van der Waals surface area (Å²) in [5, 5.41) is 2.96. The van der Waals surface area contributed by atoms with Crippen LogP contribution in [-0.4, -0.2) is 12.5 Å². The SMILES string of the molecule is CCCC(C)(CCC)C1(CCNC(C)=O)CC1. The molecule has 1 N–H and O–H groups in total. The second-order valence-electron chi connectivity index (χ2n) is 6.07. The summed E-state index contributed by atoms with van der Waals surface area (Å²) in [6, 6.07) is 0. The molecular formula is C15H29NO. The van der Waals surface area contributed by atoms with Crippen LogP contribution in [0.25, 0.3) is 0 Å². The maximum atomic E-state index is 10.9. The van der Waals surface area contributed by atoms with Crippen LogP contribution in [0.5, 0.6) is 0 Å². The van der Waals surface area contributed by atoms with Crippen molar-refractivity contribution in [3.05, 3.63) is 0 Å². The minimum atomic E-state index is 0.105. The van der Waals surface area contributed by atoms with Gasteiger partial charge in [0.2, 0.25) is 5.91 Å². The summed E-state index contributed by atoms with van der Waals surface area (Å²) in [4.78, 5) is 10.9. The molecule has 0 unspecified atom stereocenters. The van der Waals surface area contributed by atoms with Gasteiger partial charge in [-0.1, -0.05) is 33.6 Å². The van der Waals surface area contributed by atoms with Gasteiger partial charge in [0, 0.05) is 13.5 Å². The Labute approximate surface area is 107 Å². The molecule has 0 bridgehead atoms. The van der Waals surface area contributed by atoms with E-state index in [2.05, 4.69) is 26.1 Å². The van der Waals surface area contributed by atoms with Crippen LogP contribution in [0.3, 0.4) is 0 Å². The van der Waals surface area contributed by atoms with Crippen LogP contribution in [0.2, 0.25) is 0 Å². The quantitative estimate of drug-likeness (QED) is 0.684. The zero-order chi connectivity index (χ0) is 12.9. The first-order chi connectivity index (χ1) is 7.99. The first-order valence-electron chi connectivity index (χ1n) is 7.24. The van der Waals surface area contributed by atoms with Crippen molar-refractivity contribution in [2.45, 2.75) is 72.6 Å². The third-order valence-corrected chi connectivity index (χ3v) is 4.71. The Hall–Kier alpha value is -0.530. The van der Waals surface area contributed by atoms with Crippen LogP contribution in [-0.2, 0) is 4.79 Å². The van der Waals surface area contributed by atoms with Crippen LogP contribution in [0.4, 0.5) is 0 Å².